The van der Waals surface area contributed by atoms with Gasteiger partial charge >= 0.3 is 0 Å². The van der Waals surface area contributed by atoms with Gasteiger partial charge in [-0.1, -0.05) is 57.6 Å². The number of ether oxygens (including phenoxy) is 2. The van der Waals surface area contributed by atoms with Crippen LogP contribution in [0.3, 0.4) is 0 Å². The van der Waals surface area contributed by atoms with Crippen molar-refractivity contribution in [3.8, 4) is 11.5 Å². The Morgan fingerprint density at radius 1 is 1.03 bits per heavy atom. The Balaban J connectivity index is 1.79. The van der Waals surface area contributed by atoms with Crippen LogP contribution in [0.25, 0.3) is 10.2 Å². The van der Waals surface area contributed by atoms with Gasteiger partial charge < -0.3 is 9.47 Å². The van der Waals surface area contributed by atoms with Crippen molar-refractivity contribution in [2.45, 2.75) is 0 Å². The number of thiazole rings is 1. The molecular weight excluding hydrogens is 478 g/mol. The number of rotatable bonds is 6. The van der Waals surface area contributed by atoms with Crippen LogP contribution < -0.4 is 14.5 Å². The molecule has 0 fully saturated rings. The average molecular weight is 496 g/mol. The maximum absolute atomic E-state index is 13.5. The third kappa shape index (κ3) is 4.76. The standard InChI is InChI=1S/C23H18BrN3O3S/c1-29-18-10-16(11-19(13-18)30-2)22(28)27(25-14-15-6-4-3-5-7-15)23-26-20-9-8-17(24)12-21(20)31-23/h3-14H,1-2H3/b25-14+. The van der Waals surface area contributed by atoms with Crippen molar-refractivity contribution in [1.82, 2.24) is 4.98 Å². The predicted octanol–water partition coefficient (Wildman–Crippen LogP) is 5.76. The molecule has 6 nitrogen and oxygen atoms in total. The van der Waals surface area contributed by atoms with Crippen molar-refractivity contribution >= 4 is 54.7 Å². The van der Waals surface area contributed by atoms with Gasteiger partial charge in [-0.15, -0.1) is 0 Å². The average Bonchev–Trinajstić information content (AvgIpc) is 3.22. The molecular formula is C23H18BrN3O3S. The van der Waals surface area contributed by atoms with Crippen molar-refractivity contribution < 1.29 is 14.3 Å². The second kappa shape index (κ2) is 9.28. The molecule has 4 rings (SSSR count). The van der Waals surface area contributed by atoms with Crippen LogP contribution in [-0.2, 0) is 0 Å². The lowest BCUT2D eigenvalue weighted by molar-refractivity contribution is 0.0987. The second-order valence-corrected chi connectivity index (χ2v) is 8.41. The molecule has 0 saturated carbocycles. The molecule has 0 aliphatic carbocycles. The van der Waals surface area contributed by atoms with E-state index in [9.17, 15) is 4.79 Å². The molecule has 0 unspecified atom stereocenters. The minimum absolute atomic E-state index is 0.345. The van der Waals surface area contributed by atoms with Crippen LogP contribution in [0.5, 0.6) is 11.5 Å². The SMILES string of the molecule is COc1cc(OC)cc(C(=O)N(/N=C/c2ccccc2)c2nc3ccc(Br)cc3s2)c1. The first-order valence-electron chi connectivity index (χ1n) is 9.30. The Morgan fingerprint density at radius 2 is 1.74 bits per heavy atom. The molecule has 0 aliphatic heterocycles. The molecule has 156 valence electrons. The molecule has 0 bridgehead atoms. The summed E-state index contributed by atoms with van der Waals surface area (Å²) in [5, 5.41) is 6.25. The lowest BCUT2D eigenvalue weighted by Gasteiger charge is -2.15. The molecule has 8 heteroatoms. The number of carbonyl (C=O) groups is 1. The molecule has 0 spiro atoms. The summed E-state index contributed by atoms with van der Waals surface area (Å²) in [5.41, 5.74) is 2.04. The van der Waals surface area contributed by atoms with Crippen LogP contribution in [0.15, 0.2) is 76.3 Å². The Kier molecular flexibility index (Phi) is 6.29. The number of nitrogens with zero attached hydrogens (tertiary/aromatic N) is 3. The van der Waals surface area contributed by atoms with Crippen molar-refractivity contribution in [1.29, 1.82) is 0 Å². The van der Waals surface area contributed by atoms with E-state index in [0.29, 0.717) is 22.2 Å². The zero-order chi connectivity index (χ0) is 21.8. The Labute approximate surface area is 191 Å². The monoisotopic (exact) mass is 495 g/mol. The first-order valence-corrected chi connectivity index (χ1v) is 10.9. The van der Waals surface area contributed by atoms with Crippen LogP contribution in [0.2, 0.25) is 0 Å². The number of anilines is 1. The predicted molar refractivity (Wildman–Crippen MR) is 128 cm³/mol. The van der Waals surface area contributed by atoms with Gasteiger partial charge in [-0.2, -0.15) is 10.1 Å². The van der Waals surface area contributed by atoms with Gasteiger partial charge in [0.2, 0.25) is 5.13 Å². The molecule has 0 N–H and O–H groups in total. The van der Waals surface area contributed by atoms with Gasteiger partial charge in [-0.3, -0.25) is 4.79 Å². The molecule has 0 aliphatic rings. The lowest BCUT2D eigenvalue weighted by Crippen LogP contribution is -2.25. The zero-order valence-corrected chi connectivity index (χ0v) is 19.2. The first kappa shape index (κ1) is 21.0. The number of fused-ring (bicyclic) bond motifs is 1. The molecule has 4 aromatic rings. The van der Waals surface area contributed by atoms with Gasteiger partial charge in [0.25, 0.3) is 5.91 Å². The van der Waals surface area contributed by atoms with Crippen molar-refractivity contribution in [2.24, 2.45) is 5.10 Å². The number of hydrazone groups is 1. The summed E-state index contributed by atoms with van der Waals surface area (Å²) in [6, 6.07) is 20.4. The fraction of sp³-hybridized carbons (Fsp3) is 0.0870. The molecule has 0 saturated heterocycles. The summed E-state index contributed by atoms with van der Waals surface area (Å²) in [7, 11) is 3.08. The third-order valence-electron chi connectivity index (χ3n) is 4.43. The van der Waals surface area contributed by atoms with Gasteiger partial charge in [0, 0.05) is 16.1 Å². The summed E-state index contributed by atoms with van der Waals surface area (Å²) in [4.78, 5) is 18.1. The van der Waals surface area contributed by atoms with Gasteiger partial charge in [0.15, 0.2) is 0 Å². The number of benzene rings is 3. The highest BCUT2D eigenvalue weighted by Crippen LogP contribution is 2.33. The number of aromatic nitrogens is 1. The molecule has 1 heterocycles. The van der Waals surface area contributed by atoms with Crippen LogP contribution in [0.1, 0.15) is 15.9 Å². The van der Waals surface area contributed by atoms with E-state index in [2.05, 4.69) is 26.0 Å². The van der Waals surface area contributed by atoms with Crippen LogP contribution >= 0.6 is 27.3 Å². The molecule has 3 aromatic carbocycles. The van der Waals surface area contributed by atoms with Crippen molar-refractivity contribution in [3.63, 3.8) is 0 Å². The first-order chi connectivity index (χ1) is 15.1. The highest BCUT2D eigenvalue weighted by Gasteiger charge is 2.22. The Bertz CT molecular complexity index is 1240. The van der Waals surface area contributed by atoms with Crippen molar-refractivity contribution in [3.05, 3.63) is 82.3 Å². The minimum Gasteiger partial charge on any atom is -0.497 e. The molecule has 0 radical (unpaired) electrons. The Hall–Kier alpha value is -3.23. The summed E-state index contributed by atoms with van der Waals surface area (Å²) in [5.74, 6) is 0.688. The van der Waals surface area contributed by atoms with Crippen LogP contribution in [0.4, 0.5) is 5.13 Å². The number of amides is 1. The summed E-state index contributed by atoms with van der Waals surface area (Å²) in [6.45, 7) is 0. The number of hydrogen-bond acceptors (Lipinski definition) is 6. The number of methoxy groups -OCH3 is 2. The minimum atomic E-state index is -0.345. The van der Waals surface area contributed by atoms with Crippen LogP contribution in [-0.4, -0.2) is 31.3 Å². The maximum Gasteiger partial charge on any atom is 0.281 e. The van der Waals surface area contributed by atoms with E-state index < -0.39 is 0 Å². The maximum atomic E-state index is 13.5. The number of hydrogen-bond donors (Lipinski definition) is 0. The van der Waals surface area contributed by atoms with Gasteiger partial charge in [-0.25, -0.2) is 4.98 Å². The second-order valence-electron chi connectivity index (χ2n) is 6.48. The molecule has 1 aromatic heterocycles. The number of halogens is 1. The summed E-state index contributed by atoms with van der Waals surface area (Å²) in [6.07, 6.45) is 1.64. The molecule has 0 atom stereocenters. The zero-order valence-electron chi connectivity index (χ0n) is 16.8. The van der Waals surface area contributed by atoms with Gasteiger partial charge in [-0.05, 0) is 35.9 Å². The molecule has 31 heavy (non-hydrogen) atoms. The quantitative estimate of drug-likeness (QED) is 0.252. The van der Waals surface area contributed by atoms with Crippen LogP contribution in [0, 0.1) is 0 Å². The van der Waals surface area contributed by atoms with E-state index in [1.807, 2.05) is 48.5 Å². The summed E-state index contributed by atoms with van der Waals surface area (Å²) < 4.78 is 12.5. The largest absolute Gasteiger partial charge is 0.497 e. The molecule has 1 amide bonds. The Morgan fingerprint density at radius 3 is 2.42 bits per heavy atom. The highest BCUT2D eigenvalue weighted by molar-refractivity contribution is 9.10. The summed E-state index contributed by atoms with van der Waals surface area (Å²) >= 11 is 4.86. The van der Waals surface area contributed by atoms with Gasteiger partial charge in [0.1, 0.15) is 11.5 Å². The van der Waals surface area contributed by atoms with Crippen molar-refractivity contribution in [2.75, 3.05) is 19.2 Å². The van der Waals surface area contributed by atoms with E-state index in [1.54, 1.807) is 38.6 Å². The van der Waals surface area contributed by atoms with E-state index in [1.165, 1.54) is 16.3 Å². The fourth-order valence-corrected chi connectivity index (χ4v) is 4.36. The van der Waals surface area contributed by atoms with Gasteiger partial charge in [0.05, 0.1) is 30.7 Å². The normalized spacial score (nSPS) is 11.1. The third-order valence-corrected chi connectivity index (χ3v) is 5.92. The highest BCUT2D eigenvalue weighted by atomic mass is 79.9. The van der Waals surface area contributed by atoms with E-state index in [4.69, 9.17) is 9.47 Å². The topological polar surface area (TPSA) is 64.0 Å². The van der Waals surface area contributed by atoms with E-state index in [-0.39, 0.29) is 5.91 Å². The smallest absolute Gasteiger partial charge is 0.281 e. The lowest BCUT2D eigenvalue weighted by atomic mass is 10.2. The number of carbonyl (C=O) groups excluding carboxylic acids is 1. The van der Waals surface area contributed by atoms with E-state index >= 15 is 0 Å². The van der Waals surface area contributed by atoms with E-state index in [0.717, 1.165) is 20.3 Å². The fourth-order valence-electron chi connectivity index (χ4n) is 2.88.